The number of rotatable bonds is 17. The fraction of sp³-hybridized carbons (Fsp3) is 0.550. The highest BCUT2D eigenvalue weighted by atomic mass is 16.5. The highest BCUT2D eigenvalue weighted by molar-refractivity contribution is 6.13. The van der Waals surface area contributed by atoms with Gasteiger partial charge in [-0.2, -0.15) is 0 Å². The van der Waals surface area contributed by atoms with Crippen LogP contribution in [0.25, 0.3) is 0 Å². The topological polar surface area (TPSA) is 143 Å². The molecule has 4 amide bonds. The number of hydrogen-bond acceptors (Lipinski definition) is 8. The summed E-state index contributed by atoms with van der Waals surface area (Å²) in [6.45, 7) is 1.52. The smallest absolute Gasteiger partial charge is 0.253 e. The van der Waals surface area contributed by atoms with E-state index in [2.05, 4.69) is 16.0 Å². The van der Waals surface area contributed by atoms with E-state index in [0.717, 1.165) is 11.2 Å². The van der Waals surface area contributed by atoms with Gasteiger partial charge in [0, 0.05) is 45.3 Å². The third-order valence-electron chi connectivity index (χ3n) is 4.12. The predicted octanol–water partition coefficient (Wildman–Crippen LogP) is -1.35. The molecular weight excluding hydrogens is 408 g/mol. The van der Waals surface area contributed by atoms with Gasteiger partial charge in [-0.3, -0.25) is 28.9 Å². The van der Waals surface area contributed by atoms with E-state index in [9.17, 15) is 24.0 Å². The molecule has 0 spiro atoms. The van der Waals surface area contributed by atoms with Crippen molar-refractivity contribution in [2.24, 2.45) is 0 Å². The van der Waals surface area contributed by atoms with Gasteiger partial charge in [0.05, 0.1) is 25.5 Å². The van der Waals surface area contributed by atoms with Crippen LogP contribution in [-0.2, 0) is 33.4 Å². The lowest BCUT2D eigenvalue weighted by Gasteiger charge is -2.13. The molecule has 0 bridgehead atoms. The zero-order chi connectivity index (χ0) is 22.9. The Morgan fingerprint density at radius 3 is 2.35 bits per heavy atom. The van der Waals surface area contributed by atoms with Crippen molar-refractivity contribution in [3.8, 4) is 0 Å². The third kappa shape index (κ3) is 11.6. The first-order valence-electron chi connectivity index (χ1n) is 10.0. The van der Waals surface area contributed by atoms with Gasteiger partial charge in [0.1, 0.15) is 6.61 Å². The number of hydrogen-bond donors (Lipinski definition) is 3. The average molecular weight is 438 g/mol. The summed E-state index contributed by atoms with van der Waals surface area (Å²) in [4.78, 5) is 57.6. The van der Waals surface area contributed by atoms with E-state index in [1.165, 1.54) is 12.2 Å². The van der Waals surface area contributed by atoms with Crippen molar-refractivity contribution in [1.29, 1.82) is 0 Å². The number of amides is 4. The Bertz CT molecular complexity index is 673. The SMILES string of the molecule is CN/C(C=O)=C\CCCNC(=O)COCCOCCNC(=O)CCN1C(=O)C=CC1=O. The fourth-order valence-electron chi connectivity index (χ4n) is 2.45. The number of nitrogens with one attached hydrogen (secondary N) is 3. The molecular formula is C20H30N4O7. The maximum absolute atomic E-state index is 11.7. The standard InChI is InChI=1S/C20H30N4O7/c1-21-16(14-25)4-2-3-8-22-18(27)15-31-13-12-30-11-9-23-17(26)7-10-24-19(28)5-6-20(24)29/h4-6,14,21H,2-3,7-13,15H2,1H3,(H,22,27)(H,23,26)/b16-4-. The molecule has 1 aliphatic rings. The molecule has 3 N–H and O–H groups in total. The lowest BCUT2D eigenvalue weighted by atomic mass is 10.2. The number of imide groups is 1. The molecule has 1 rings (SSSR count). The Morgan fingerprint density at radius 1 is 1.00 bits per heavy atom. The highest BCUT2D eigenvalue weighted by Gasteiger charge is 2.23. The number of nitrogens with zero attached hydrogens (tertiary/aromatic N) is 1. The van der Waals surface area contributed by atoms with E-state index >= 15 is 0 Å². The molecule has 0 aromatic rings. The molecule has 1 aliphatic heterocycles. The number of carbonyl (C=O) groups is 5. The maximum atomic E-state index is 11.7. The fourth-order valence-corrected chi connectivity index (χ4v) is 2.45. The van der Waals surface area contributed by atoms with Crippen molar-refractivity contribution < 1.29 is 33.4 Å². The van der Waals surface area contributed by atoms with Crippen LogP contribution in [0.5, 0.6) is 0 Å². The van der Waals surface area contributed by atoms with E-state index in [4.69, 9.17) is 9.47 Å². The summed E-state index contributed by atoms with van der Waals surface area (Å²) in [5, 5.41) is 8.10. The molecule has 0 aliphatic carbocycles. The van der Waals surface area contributed by atoms with Crippen LogP contribution in [0.4, 0.5) is 0 Å². The average Bonchev–Trinajstić information content (AvgIpc) is 3.08. The zero-order valence-corrected chi connectivity index (χ0v) is 17.7. The molecule has 0 unspecified atom stereocenters. The number of unbranched alkanes of at least 4 members (excludes halogenated alkanes) is 1. The van der Waals surface area contributed by atoms with Crippen LogP contribution in [0.3, 0.4) is 0 Å². The minimum absolute atomic E-state index is 0.0292. The van der Waals surface area contributed by atoms with Crippen molar-refractivity contribution >= 4 is 29.9 Å². The number of carbonyl (C=O) groups excluding carboxylic acids is 5. The Labute approximate surface area is 181 Å². The Balaban J connectivity index is 1.91. The first-order chi connectivity index (χ1) is 15.0. The van der Waals surface area contributed by atoms with Crippen LogP contribution >= 0.6 is 0 Å². The number of likely N-dealkylation sites (N-methyl/N-ethyl adjacent to an activating group) is 1. The Hall–Kier alpha value is -3.05. The molecule has 1 heterocycles. The van der Waals surface area contributed by atoms with Gasteiger partial charge >= 0.3 is 0 Å². The molecule has 0 atom stereocenters. The molecule has 0 saturated heterocycles. The molecule has 31 heavy (non-hydrogen) atoms. The van der Waals surface area contributed by atoms with E-state index in [0.29, 0.717) is 25.1 Å². The third-order valence-corrected chi connectivity index (χ3v) is 4.12. The van der Waals surface area contributed by atoms with E-state index in [-0.39, 0.29) is 57.8 Å². The lowest BCUT2D eigenvalue weighted by molar-refractivity contribution is -0.137. The maximum Gasteiger partial charge on any atom is 0.253 e. The van der Waals surface area contributed by atoms with Crippen LogP contribution < -0.4 is 16.0 Å². The first-order valence-corrected chi connectivity index (χ1v) is 10.0. The van der Waals surface area contributed by atoms with E-state index in [1.54, 1.807) is 13.1 Å². The summed E-state index contributed by atoms with van der Waals surface area (Å²) >= 11 is 0. The van der Waals surface area contributed by atoms with Crippen LogP contribution in [0.1, 0.15) is 19.3 Å². The summed E-state index contributed by atoms with van der Waals surface area (Å²) in [6.07, 6.45) is 6.27. The van der Waals surface area contributed by atoms with Crippen molar-refractivity contribution in [2.75, 3.05) is 53.1 Å². The molecule has 0 aromatic carbocycles. The van der Waals surface area contributed by atoms with E-state index in [1.807, 2.05) is 0 Å². The van der Waals surface area contributed by atoms with Crippen molar-refractivity contribution in [3.05, 3.63) is 23.9 Å². The summed E-state index contributed by atoms with van der Waals surface area (Å²) in [6, 6.07) is 0. The summed E-state index contributed by atoms with van der Waals surface area (Å²) in [5.41, 5.74) is 0.516. The summed E-state index contributed by atoms with van der Waals surface area (Å²) < 4.78 is 10.5. The van der Waals surface area contributed by atoms with Gasteiger partial charge < -0.3 is 25.4 Å². The van der Waals surface area contributed by atoms with Gasteiger partial charge in [-0.15, -0.1) is 0 Å². The number of aldehydes is 1. The molecule has 0 radical (unpaired) electrons. The minimum atomic E-state index is -0.412. The van der Waals surface area contributed by atoms with Gasteiger partial charge in [0.25, 0.3) is 11.8 Å². The number of ether oxygens (including phenoxy) is 2. The number of allylic oxidation sites excluding steroid dienone is 2. The first kappa shape index (κ1) is 26.0. The Kier molecular flexibility index (Phi) is 13.2. The molecule has 0 saturated carbocycles. The normalized spacial score (nSPS) is 13.5. The van der Waals surface area contributed by atoms with Gasteiger partial charge in [-0.25, -0.2) is 0 Å². The van der Waals surface area contributed by atoms with Crippen molar-refractivity contribution in [1.82, 2.24) is 20.9 Å². The van der Waals surface area contributed by atoms with Gasteiger partial charge in [0.15, 0.2) is 6.29 Å². The van der Waals surface area contributed by atoms with Crippen molar-refractivity contribution in [2.45, 2.75) is 19.3 Å². The van der Waals surface area contributed by atoms with E-state index < -0.39 is 11.8 Å². The summed E-state index contributed by atoms with van der Waals surface area (Å²) in [7, 11) is 1.67. The van der Waals surface area contributed by atoms with Crippen LogP contribution in [0.2, 0.25) is 0 Å². The molecule has 11 nitrogen and oxygen atoms in total. The van der Waals surface area contributed by atoms with Crippen LogP contribution in [0.15, 0.2) is 23.9 Å². The largest absolute Gasteiger partial charge is 0.386 e. The van der Waals surface area contributed by atoms with Gasteiger partial charge in [-0.05, 0) is 12.8 Å². The quantitative estimate of drug-likeness (QED) is 0.109. The van der Waals surface area contributed by atoms with Crippen LogP contribution in [-0.4, -0.2) is 87.9 Å². The molecule has 0 aromatic heterocycles. The van der Waals surface area contributed by atoms with Crippen LogP contribution in [0, 0.1) is 0 Å². The zero-order valence-electron chi connectivity index (χ0n) is 17.7. The van der Waals surface area contributed by atoms with Crippen molar-refractivity contribution in [3.63, 3.8) is 0 Å². The highest BCUT2D eigenvalue weighted by Crippen LogP contribution is 2.03. The summed E-state index contributed by atoms with van der Waals surface area (Å²) in [5.74, 6) is -1.34. The van der Waals surface area contributed by atoms with Gasteiger partial charge in [-0.1, -0.05) is 6.08 Å². The second-order valence-electron chi connectivity index (χ2n) is 6.45. The molecule has 0 fully saturated rings. The Morgan fingerprint density at radius 2 is 1.68 bits per heavy atom. The lowest BCUT2D eigenvalue weighted by Crippen LogP contribution is -2.35. The second kappa shape index (κ2) is 15.7. The molecule has 172 valence electrons. The monoisotopic (exact) mass is 438 g/mol. The van der Waals surface area contributed by atoms with Gasteiger partial charge in [0.2, 0.25) is 11.8 Å². The molecule has 11 heteroatoms. The predicted molar refractivity (Wildman–Crippen MR) is 111 cm³/mol. The minimum Gasteiger partial charge on any atom is -0.386 e. The second-order valence-corrected chi connectivity index (χ2v) is 6.45.